The minimum Gasteiger partial charge on any atom is -0.302 e. The molecule has 0 bridgehead atoms. The Morgan fingerprint density at radius 3 is 2.24 bits per heavy atom. The highest BCUT2D eigenvalue weighted by molar-refractivity contribution is 9.10. The van der Waals surface area contributed by atoms with Gasteiger partial charge in [-0.15, -0.1) is 0 Å². The first-order chi connectivity index (χ1) is 9.72. The van der Waals surface area contributed by atoms with Gasteiger partial charge in [0, 0.05) is 30.5 Å². The Labute approximate surface area is 129 Å². The summed E-state index contributed by atoms with van der Waals surface area (Å²) in [6, 6.07) is 6.43. The van der Waals surface area contributed by atoms with E-state index in [9.17, 15) is 18.0 Å². The normalized spacial score (nSPS) is 11.4. The lowest BCUT2D eigenvalue weighted by molar-refractivity contribution is 0.589. The van der Waals surface area contributed by atoms with E-state index in [2.05, 4.69) is 20.7 Å². The molecular formula is C12H12BrN3O4S. The molecular weight excluding hydrogens is 362 g/mol. The van der Waals surface area contributed by atoms with Crippen LogP contribution in [0.3, 0.4) is 0 Å². The molecule has 0 aliphatic rings. The van der Waals surface area contributed by atoms with Crippen molar-refractivity contribution in [1.29, 1.82) is 0 Å². The van der Waals surface area contributed by atoms with Crippen LogP contribution in [0.5, 0.6) is 0 Å². The van der Waals surface area contributed by atoms with Gasteiger partial charge < -0.3 is 4.57 Å². The molecule has 21 heavy (non-hydrogen) atoms. The van der Waals surface area contributed by atoms with Crippen molar-refractivity contribution in [3.05, 3.63) is 55.8 Å². The van der Waals surface area contributed by atoms with Crippen LogP contribution in [0.15, 0.2) is 49.4 Å². The van der Waals surface area contributed by atoms with Crippen LogP contribution in [-0.4, -0.2) is 17.6 Å². The van der Waals surface area contributed by atoms with Gasteiger partial charge in [-0.25, -0.2) is 13.2 Å². The molecule has 1 heterocycles. The molecule has 1 aromatic carbocycles. The van der Waals surface area contributed by atoms with E-state index in [1.165, 1.54) is 14.1 Å². The maximum absolute atomic E-state index is 12.3. The average Bonchev–Trinajstić information content (AvgIpc) is 2.42. The molecule has 0 fully saturated rings. The third kappa shape index (κ3) is 3.08. The summed E-state index contributed by atoms with van der Waals surface area (Å²) >= 11 is 3.24. The fraction of sp³-hybridized carbons (Fsp3) is 0.167. The number of nitrogens with zero attached hydrogens (tertiary/aromatic N) is 2. The van der Waals surface area contributed by atoms with Gasteiger partial charge in [0.25, 0.3) is 15.6 Å². The third-order valence-electron chi connectivity index (χ3n) is 2.80. The fourth-order valence-corrected chi connectivity index (χ4v) is 3.17. The molecule has 0 spiro atoms. The number of anilines is 1. The van der Waals surface area contributed by atoms with Gasteiger partial charge in [-0.3, -0.25) is 14.1 Å². The number of aromatic nitrogens is 2. The van der Waals surface area contributed by atoms with Crippen LogP contribution in [-0.2, 0) is 24.1 Å². The lowest BCUT2D eigenvalue weighted by Crippen LogP contribution is -2.40. The van der Waals surface area contributed by atoms with Gasteiger partial charge in [0.15, 0.2) is 4.90 Å². The van der Waals surface area contributed by atoms with E-state index < -0.39 is 26.2 Å². The predicted molar refractivity (Wildman–Crippen MR) is 81.9 cm³/mol. The SMILES string of the molecule is Cn1cc(S(=O)(=O)Nc2ccc(Br)cc2)c(=O)n(C)c1=O. The standard InChI is InChI=1S/C12H12BrN3O4S/c1-15-7-10(11(17)16(2)12(15)18)21(19,20)14-9-5-3-8(13)4-6-9/h3-7,14H,1-2H3. The quantitative estimate of drug-likeness (QED) is 0.854. The Hall–Kier alpha value is -1.87. The second kappa shape index (κ2) is 5.49. The van der Waals surface area contributed by atoms with Crippen molar-refractivity contribution in [3.8, 4) is 0 Å². The predicted octanol–water partition coefficient (Wildman–Crippen LogP) is 0.647. The van der Waals surface area contributed by atoms with Crippen LogP contribution in [0.4, 0.5) is 5.69 Å². The van der Waals surface area contributed by atoms with E-state index in [1.807, 2.05) is 0 Å². The topological polar surface area (TPSA) is 90.2 Å². The number of benzene rings is 1. The van der Waals surface area contributed by atoms with Crippen molar-refractivity contribution < 1.29 is 8.42 Å². The zero-order valence-corrected chi connectivity index (χ0v) is 13.6. The molecule has 7 nitrogen and oxygen atoms in total. The van der Waals surface area contributed by atoms with Gasteiger partial charge >= 0.3 is 5.69 Å². The second-order valence-electron chi connectivity index (χ2n) is 4.36. The van der Waals surface area contributed by atoms with Crippen molar-refractivity contribution >= 4 is 31.6 Å². The molecule has 0 atom stereocenters. The number of hydrogen-bond donors (Lipinski definition) is 1. The first-order valence-corrected chi connectivity index (χ1v) is 8.05. The van der Waals surface area contributed by atoms with Crippen molar-refractivity contribution in [2.24, 2.45) is 14.1 Å². The summed E-state index contributed by atoms with van der Waals surface area (Å²) in [5, 5.41) is 0. The Morgan fingerprint density at radius 1 is 1.10 bits per heavy atom. The van der Waals surface area contributed by atoms with E-state index in [0.29, 0.717) is 5.69 Å². The average molecular weight is 374 g/mol. The van der Waals surface area contributed by atoms with E-state index in [0.717, 1.165) is 19.8 Å². The number of halogens is 1. The molecule has 112 valence electrons. The highest BCUT2D eigenvalue weighted by Crippen LogP contribution is 2.16. The monoisotopic (exact) mass is 373 g/mol. The molecule has 2 aromatic rings. The number of nitrogens with one attached hydrogen (secondary N) is 1. The molecule has 1 N–H and O–H groups in total. The van der Waals surface area contributed by atoms with Crippen LogP contribution in [0.2, 0.25) is 0 Å². The van der Waals surface area contributed by atoms with Crippen molar-refractivity contribution in [2.75, 3.05) is 4.72 Å². The highest BCUT2D eigenvalue weighted by atomic mass is 79.9. The summed E-state index contributed by atoms with van der Waals surface area (Å²) < 4.78 is 29.4. The van der Waals surface area contributed by atoms with E-state index in [1.54, 1.807) is 24.3 Å². The van der Waals surface area contributed by atoms with E-state index in [-0.39, 0.29) is 0 Å². The maximum Gasteiger partial charge on any atom is 0.330 e. The molecule has 0 unspecified atom stereocenters. The van der Waals surface area contributed by atoms with Gasteiger partial charge in [-0.2, -0.15) is 0 Å². The number of aryl methyl sites for hydroxylation is 1. The summed E-state index contributed by atoms with van der Waals surface area (Å²) in [5.74, 6) is 0. The first kappa shape index (κ1) is 15.5. The highest BCUT2D eigenvalue weighted by Gasteiger charge is 2.21. The van der Waals surface area contributed by atoms with Crippen molar-refractivity contribution in [3.63, 3.8) is 0 Å². The molecule has 0 saturated carbocycles. The largest absolute Gasteiger partial charge is 0.330 e. The summed E-state index contributed by atoms with van der Waals surface area (Å²) in [6.45, 7) is 0. The van der Waals surface area contributed by atoms with Crippen LogP contribution >= 0.6 is 15.9 Å². The summed E-state index contributed by atoms with van der Waals surface area (Å²) in [5.41, 5.74) is -1.15. The Kier molecular flexibility index (Phi) is 4.06. The zero-order valence-electron chi connectivity index (χ0n) is 11.2. The van der Waals surface area contributed by atoms with Crippen LogP contribution in [0, 0.1) is 0 Å². The van der Waals surface area contributed by atoms with Crippen LogP contribution in [0.25, 0.3) is 0 Å². The molecule has 0 amide bonds. The number of hydrogen-bond acceptors (Lipinski definition) is 4. The number of rotatable bonds is 3. The Bertz CT molecular complexity index is 898. The summed E-state index contributed by atoms with van der Waals surface area (Å²) in [6.07, 6.45) is 1.01. The molecule has 1 aromatic heterocycles. The molecule has 9 heteroatoms. The second-order valence-corrected chi connectivity index (χ2v) is 6.93. The molecule has 0 aliphatic carbocycles. The smallest absolute Gasteiger partial charge is 0.302 e. The van der Waals surface area contributed by atoms with Gasteiger partial charge in [-0.1, -0.05) is 15.9 Å². The minimum absolute atomic E-state index is 0.314. The molecule has 0 saturated heterocycles. The Balaban J connectivity index is 2.53. The van der Waals surface area contributed by atoms with Gasteiger partial charge in [-0.05, 0) is 24.3 Å². The minimum atomic E-state index is -4.08. The van der Waals surface area contributed by atoms with Crippen molar-refractivity contribution in [1.82, 2.24) is 9.13 Å². The summed E-state index contributed by atoms with van der Waals surface area (Å²) in [4.78, 5) is 23.0. The van der Waals surface area contributed by atoms with Crippen LogP contribution < -0.4 is 16.0 Å². The van der Waals surface area contributed by atoms with Gasteiger partial charge in [0.1, 0.15) is 0 Å². The number of sulfonamides is 1. The van der Waals surface area contributed by atoms with Crippen LogP contribution in [0.1, 0.15) is 0 Å². The first-order valence-electron chi connectivity index (χ1n) is 5.77. The maximum atomic E-state index is 12.3. The van der Waals surface area contributed by atoms with Gasteiger partial charge in [0.05, 0.1) is 0 Å². The summed E-state index contributed by atoms with van der Waals surface area (Å²) in [7, 11) is -1.48. The fourth-order valence-electron chi connectivity index (χ4n) is 1.69. The zero-order chi connectivity index (χ0) is 15.8. The lowest BCUT2D eigenvalue weighted by atomic mass is 10.3. The lowest BCUT2D eigenvalue weighted by Gasteiger charge is -2.10. The molecule has 2 rings (SSSR count). The van der Waals surface area contributed by atoms with E-state index >= 15 is 0 Å². The van der Waals surface area contributed by atoms with Crippen molar-refractivity contribution in [2.45, 2.75) is 4.90 Å². The third-order valence-corrected chi connectivity index (χ3v) is 4.69. The van der Waals surface area contributed by atoms with Gasteiger partial charge in [0.2, 0.25) is 0 Å². The Morgan fingerprint density at radius 2 is 1.67 bits per heavy atom. The van der Waals surface area contributed by atoms with E-state index in [4.69, 9.17) is 0 Å². The molecule has 0 radical (unpaired) electrons. The molecule has 0 aliphatic heterocycles.